The zero-order valence-corrected chi connectivity index (χ0v) is 19.5. The minimum atomic E-state index is -0.654. The normalized spacial score (nSPS) is 14.9. The van der Waals surface area contributed by atoms with Crippen molar-refractivity contribution in [1.82, 2.24) is 0 Å². The zero-order chi connectivity index (χ0) is 21.7. The van der Waals surface area contributed by atoms with Gasteiger partial charge in [0.1, 0.15) is 0 Å². The molecule has 0 aliphatic heterocycles. The van der Waals surface area contributed by atoms with Crippen LogP contribution in [0.4, 0.5) is 0 Å². The molecule has 1 atom stereocenters. The van der Waals surface area contributed by atoms with Crippen LogP contribution in [-0.2, 0) is 0 Å². The van der Waals surface area contributed by atoms with E-state index < -0.39 is 7.92 Å². The van der Waals surface area contributed by atoms with Crippen LogP contribution in [0.5, 0.6) is 0 Å². The van der Waals surface area contributed by atoms with E-state index in [0.717, 1.165) is 6.42 Å². The number of nitrogens with zero attached hydrogens (tertiary/aromatic N) is 1. The molecule has 3 aromatic rings. The van der Waals surface area contributed by atoms with Crippen LogP contribution in [0.3, 0.4) is 0 Å². The average Bonchev–Trinajstić information content (AvgIpc) is 3.30. The van der Waals surface area contributed by atoms with Crippen molar-refractivity contribution in [1.29, 1.82) is 0 Å². The van der Waals surface area contributed by atoms with Gasteiger partial charge in [-0.3, -0.25) is 4.99 Å². The Bertz CT molecular complexity index is 1050. The van der Waals surface area contributed by atoms with E-state index in [-0.39, 0.29) is 11.5 Å². The van der Waals surface area contributed by atoms with E-state index in [0.29, 0.717) is 0 Å². The zero-order valence-electron chi connectivity index (χ0n) is 18.6. The van der Waals surface area contributed by atoms with Gasteiger partial charge in [0.15, 0.2) is 0 Å². The summed E-state index contributed by atoms with van der Waals surface area (Å²) >= 11 is 0. The monoisotopic (exact) mass is 423 g/mol. The second-order valence-electron chi connectivity index (χ2n) is 8.99. The molecule has 2 heteroatoms. The molecule has 0 spiro atoms. The maximum atomic E-state index is 5.15. The summed E-state index contributed by atoms with van der Waals surface area (Å²) < 4.78 is 0. The molecule has 1 aliphatic carbocycles. The Morgan fingerprint density at radius 1 is 0.806 bits per heavy atom. The summed E-state index contributed by atoms with van der Waals surface area (Å²) in [7, 11) is -0.654. The molecule has 1 aliphatic rings. The molecule has 0 saturated heterocycles. The molecule has 0 saturated carbocycles. The molecular formula is C29H30NP. The fraction of sp³-hybridized carbons (Fsp3) is 0.207. The molecular weight excluding hydrogens is 393 g/mol. The highest BCUT2D eigenvalue weighted by Gasteiger charge is 2.27. The van der Waals surface area contributed by atoms with Crippen molar-refractivity contribution < 1.29 is 0 Å². The van der Waals surface area contributed by atoms with Crippen molar-refractivity contribution in [2.24, 2.45) is 10.4 Å². The second kappa shape index (κ2) is 9.58. The van der Waals surface area contributed by atoms with Crippen LogP contribution in [0.15, 0.2) is 114 Å². The summed E-state index contributed by atoms with van der Waals surface area (Å²) in [4.78, 5) is 5.15. The Morgan fingerprint density at radius 2 is 1.39 bits per heavy atom. The largest absolute Gasteiger partial charge is 0.284 e. The molecule has 0 radical (unpaired) electrons. The summed E-state index contributed by atoms with van der Waals surface area (Å²) in [5, 5.41) is 4.07. The summed E-state index contributed by atoms with van der Waals surface area (Å²) in [5.41, 5.74) is 2.68. The molecule has 0 fully saturated rings. The lowest BCUT2D eigenvalue weighted by Crippen LogP contribution is -2.27. The van der Waals surface area contributed by atoms with Crippen molar-refractivity contribution in [2.75, 3.05) is 0 Å². The van der Waals surface area contributed by atoms with Crippen molar-refractivity contribution in [2.45, 2.75) is 33.2 Å². The standard InChI is InChI=1S/C29H30NP/c1-29(2,3)28(23-14-10-11-15-23)30-22-24-16-12-13-21-27(24)31(25-17-6-4-7-18-25)26-19-8-5-9-20-26/h4-14,16-22,28H,15H2,1-3H3/t28-/m1/s1. The highest BCUT2D eigenvalue weighted by molar-refractivity contribution is 7.80. The lowest BCUT2D eigenvalue weighted by atomic mass is 9.82. The molecule has 0 heterocycles. The van der Waals surface area contributed by atoms with Crippen molar-refractivity contribution in [3.8, 4) is 0 Å². The molecule has 0 N–H and O–H groups in total. The highest BCUT2D eigenvalue weighted by atomic mass is 31.1. The fourth-order valence-corrected chi connectivity index (χ4v) is 6.50. The fourth-order valence-electron chi connectivity index (χ4n) is 4.08. The van der Waals surface area contributed by atoms with Gasteiger partial charge in [-0.25, -0.2) is 0 Å². The predicted molar refractivity (Wildman–Crippen MR) is 138 cm³/mol. The smallest absolute Gasteiger partial charge is 0.0763 e. The van der Waals surface area contributed by atoms with E-state index in [1.54, 1.807) is 0 Å². The quantitative estimate of drug-likeness (QED) is 0.332. The van der Waals surface area contributed by atoms with Crippen LogP contribution >= 0.6 is 7.92 Å². The van der Waals surface area contributed by atoms with E-state index in [4.69, 9.17) is 4.99 Å². The number of aliphatic imine (C=N–C) groups is 1. The van der Waals surface area contributed by atoms with Crippen LogP contribution in [0, 0.1) is 5.41 Å². The minimum absolute atomic E-state index is 0.0763. The number of rotatable bonds is 6. The number of hydrogen-bond acceptors (Lipinski definition) is 1. The van der Waals surface area contributed by atoms with Gasteiger partial charge in [0.05, 0.1) is 6.04 Å². The molecule has 0 aromatic heterocycles. The Kier molecular flexibility index (Phi) is 6.64. The highest BCUT2D eigenvalue weighted by Crippen LogP contribution is 2.35. The molecule has 0 amide bonds. The van der Waals surface area contributed by atoms with Gasteiger partial charge in [0, 0.05) is 11.8 Å². The Hall–Kier alpha value is -2.76. The number of benzene rings is 3. The summed E-state index contributed by atoms with van der Waals surface area (Å²) in [6.45, 7) is 6.84. The molecule has 156 valence electrons. The molecule has 1 nitrogen and oxygen atoms in total. The first-order valence-electron chi connectivity index (χ1n) is 10.9. The lowest BCUT2D eigenvalue weighted by molar-refractivity contribution is 0.354. The maximum absolute atomic E-state index is 5.15. The molecule has 0 bridgehead atoms. The van der Waals surface area contributed by atoms with Crippen molar-refractivity contribution in [3.63, 3.8) is 0 Å². The van der Waals surface area contributed by atoms with Gasteiger partial charge < -0.3 is 0 Å². The Labute approximate surface area is 188 Å². The van der Waals surface area contributed by atoms with Crippen LogP contribution in [0.25, 0.3) is 0 Å². The first-order chi connectivity index (χ1) is 15.0. The van der Waals surface area contributed by atoms with Crippen molar-refractivity contribution >= 4 is 30.0 Å². The summed E-state index contributed by atoms with van der Waals surface area (Å²) in [5.74, 6) is 0. The van der Waals surface area contributed by atoms with E-state index in [1.165, 1.54) is 27.1 Å². The molecule has 4 rings (SSSR count). The molecule has 3 aromatic carbocycles. The van der Waals surface area contributed by atoms with Gasteiger partial charge in [-0.05, 0) is 41.2 Å². The summed E-state index contributed by atoms with van der Waals surface area (Å²) in [6, 6.07) is 30.7. The van der Waals surface area contributed by atoms with Gasteiger partial charge in [-0.15, -0.1) is 0 Å². The number of hydrogen-bond donors (Lipinski definition) is 0. The SMILES string of the molecule is CC(C)(C)[C@H](N=Cc1ccccc1P(c1ccccc1)c1ccccc1)C1=CC=CC1. The Morgan fingerprint density at radius 3 is 1.94 bits per heavy atom. The first kappa shape index (κ1) is 21.5. The van der Waals surface area contributed by atoms with E-state index in [9.17, 15) is 0 Å². The second-order valence-corrected chi connectivity index (χ2v) is 11.2. The van der Waals surface area contributed by atoms with E-state index in [2.05, 4.69) is 130 Å². The predicted octanol–water partition coefficient (Wildman–Crippen LogP) is 6.16. The third-order valence-corrected chi connectivity index (χ3v) is 8.06. The first-order valence-corrected chi connectivity index (χ1v) is 12.3. The van der Waals surface area contributed by atoms with E-state index in [1.807, 2.05) is 0 Å². The van der Waals surface area contributed by atoms with Crippen molar-refractivity contribution in [3.05, 3.63) is 114 Å². The van der Waals surface area contributed by atoms with Gasteiger partial charge in [0.25, 0.3) is 0 Å². The van der Waals surface area contributed by atoms with E-state index >= 15 is 0 Å². The lowest BCUT2D eigenvalue weighted by Gasteiger charge is -2.29. The molecule has 31 heavy (non-hydrogen) atoms. The topological polar surface area (TPSA) is 12.4 Å². The third-order valence-electron chi connectivity index (χ3n) is 5.54. The Balaban J connectivity index is 1.77. The third kappa shape index (κ3) is 5.12. The van der Waals surface area contributed by atoms with Crippen LogP contribution in [0.1, 0.15) is 32.8 Å². The minimum Gasteiger partial charge on any atom is -0.284 e. The number of allylic oxidation sites excluding steroid dienone is 3. The van der Waals surface area contributed by atoms with Crippen LogP contribution in [0.2, 0.25) is 0 Å². The average molecular weight is 424 g/mol. The summed E-state index contributed by atoms with van der Waals surface area (Å²) in [6.07, 6.45) is 9.73. The van der Waals surface area contributed by atoms with Crippen LogP contribution < -0.4 is 15.9 Å². The molecule has 0 unspecified atom stereocenters. The van der Waals surface area contributed by atoms with Gasteiger partial charge >= 0.3 is 0 Å². The van der Waals surface area contributed by atoms with Gasteiger partial charge in [-0.2, -0.15) is 0 Å². The van der Waals surface area contributed by atoms with Crippen LogP contribution in [-0.4, -0.2) is 12.3 Å². The van der Waals surface area contributed by atoms with Gasteiger partial charge in [-0.1, -0.05) is 124 Å². The maximum Gasteiger partial charge on any atom is 0.0763 e. The van der Waals surface area contributed by atoms with Gasteiger partial charge in [0.2, 0.25) is 0 Å².